The summed E-state index contributed by atoms with van der Waals surface area (Å²) in [5, 5.41) is 7.42. The first-order valence-electron chi connectivity index (χ1n) is 14.7. The van der Waals surface area contributed by atoms with E-state index in [1.165, 1.54) is 0 Å². The molecule has 5 heteroatoms. The quantitative estimate of drug-likeness (QED) is 0.209. The highest BCUT2D eigenvalue weighted by molar-refractivity contribution is 6.03. The normalized spacial score (nSPS) is 11.3. The van der Waals surface area contributed by atoms with Crippen molar-refractivity contribution >= 4 is 16.3 Å². The zero-order valence-corrected chi connectivity index (χ0v) is 24.1. The lowest BCUT2D eigenvalue weighted by Crippen LogP contribution is -2.00. The summed E-state index contributed by atoms with van der Waals surface area (Å²) < 4.78 is 2.09. The number of benzene rings is 5. The average molecular weight is 566 g/mol. The molecule has 3 heterocycles. The average Bonchev–Trinajstić information content (AvgIpc) is 3.46. The zero-order chi connectivity index (χ0) is 29.5. The second-order valence-electron chi connectivity index (χ2n) is 10.8. The van der Waals surface area contributed by atoms with Gasteiger partial charge in [-0.3, -0.25) is 0 Å². The molecule has 0 aliphatic heterocycles. The SMILES string of the molecule is Cc1c(-c2ccccc2)nn2c(-c3ccccc3)cc3ccc(-c4nc(-c5ccccc5)nc(-c5ccccc5)n4)cc3c12. The van der Waals surface area contributed by atoms with Gasteiger partial charge < -0.3 is 0 Å². The molecule has 0 bridgehead atoms. The molecule has 0 unspecified atom stereocenters. The maximum Gasteiger partial charge on any atom is 0.164 e. The lowest BCUT2D eigenvalue weighted by molar-refractivity contribution is 0.979. The van der Waals surface area contributed by atoms with Crippen LogP contribution in [0, 0.1) is 6.92 Å². The molecule has 44 heavy (non-hydrogen) atoms. The van der Waals surface area contributed by atoms with E-state index in [1.54, 1.807) is 0 Å². The molecule has 3 aromatic heterocycles. The number of rotatable bonds is 5. The summed E-state index contributed by atoms with van der Waals surface area (Å²) in [5.74, 6) is 1.92. The second-order valence-corrected chi connectivity index (χ2v) is 10.8. The monoisotopic (exact) mass is 565 g/mol. The van der Waals surface area contributed by atoms with Gasteiger partial charge in [0.2, 0.25) is 0 Å². The maximum atomic E-state index is 5.19. The standard InChI is InChI=1S/C39H27N5/c1-26-35(28-16-8-3-9-17-28)43-44-34(27-14-6-2-7-15-27)25-31-22-23-32(24-33(31)36(26)44)39-41-37(29-18-10-4-11-19-29)40-38(42-39)30-20-12-5-13-21-30/h2-25H,1H3. The largest absolute Gasteiger partial charge is 0.232 e. The van der Waals surface area contributed by atoms with Crippen molar-refractivity contribution in [3.05, 3.63) is 151 Å². The van der Waals surface area contributed by atoms with Gasteiger partial charge in [-0.2, -0.15) is 5.10 Å². The summed E-state index contributed by atoms with van der Waals surface area (Å²) >= 11 is 0. The van der Waals surface area contributed by atoms with E-state index in [4.69, 9.17) is 20.1 Å². The Morgan fingerprint density at radius 2 is 0.932 bits per heavy atom. The van der Waals surface area contributed by atoms with Gasteiger partial charge in [-0.15, -0.1) is 0 Å². The zero-order valence-electron chi connectivity index (χ0n) is 24.1. The molecular formula is C39H27N5. The molecule has 0 saturated heterocycles. The lowest BCUT2D eigenvalue weighted by atomic mass is 10.0. The van der Waals surface area contributed by atoms with Crippen LogP contribution < -0.4 is 0 Å². The van der Waals surface area contributed by atoms with Crippen molar-refractivity contribution in [1.29, 1.82) is 0 Å². The minimum atomic E-state index is 0.630. The summed E-state index contributed by atoms with van der Waals surface area (Å²) in [5.41, 5.74) is 9.24. The van der Waals surface area contributed by atoms with Gasteiger partial charge in [0.15, 0.2) is 17.5 Å². The van der Waals surface area contributed by atoms with Crippen LogP contribution in [0.3, 0.4) is 0 Å². The Kier molecular flexibility index (Phi) is 6.27. The molecule has 0 spiro atoms. The minimum absolute atomic E-state index is 0.630. The van der Waals surface area contributed by atoms with Gasteiger partial charge in [0.1, 0.15) is 0 Å². The molecule has 0 atom stereocenters. The van der Waals surface area contributed by atoms with E-state index in [0.29, 0.717) is 17.5 Å². The van der Waals surface area contributed by atoms with Crippen molar-refractivity contribution in [2.75, 3.05) is 0 Å². The molecule has 5 nitrogen and oxygen atoms in total. The maximum absolute atomic E-state index is 5.19. The predicted octanol–water partition coefficient (Wildman–Crippen LogP) is 9.32. The molecule has 0 fully saturated rings. The van der Waals surface area contributed by atoms with Gasteiger partial charge in [-0.05, 0) is 24.4 Å². The van der Waals surface area contributed by atoms with E-state index in [-0.39, 0.29) is 0 Å². The smallest absolute Gasteiger partial charge is 0.164 e. The highest BCUT2D eigenvalue weighted by Crippen LogP contribution is 2.36. The fourth-order valence-electron chi connectivity index (χ4n) is 5.84. The number of pyridine rings is 1. The van der Waals surface area contributed by atoms with Crippen molar-refractivity contribution in [2.45, 2.75) is 6.92 Å². The fourth-order valence-corrected chi connectivity index (χ4v) is 5.84. The van der Waals surface area contributed by atoms with Gasteiger partial charge >= 0.3 is 0 Å². The van der Waals surface area contributed by atoms with E-state index in [2.05, 4.69) is 84.2 Å². The molecule has 208 valence electrons. The van der Waals surface area contributed by atoms with Crippen LogP contribution in [0.2, 0.25) is 0 Å². The molecule has 0 saturated carbocycles. The summed E-state index contributed by atoms with van der Waals surface area (Å²) in [6.45, 7) is 2.16. The number of aromatic nitrogens is 5. The molecule has 0 radical (unpaired) electrons. The topological polar surface area (TPSA) is 56.0 Å². The van der Waals surface area contributed by atoms with Crippen molar-refractivity contribution in [3.63, 3.8) is 0 Å². The molecule has 5 aromatic carbocycles. The second kappa shape index (κ2) is 10.7. The summed E-state index contributed by atoms with van der Waals surface area (Å²) in [6.07, 6.45) is 0. The van der Waals surface area contributed by atoms with Crippen molar-refractivity contribution in [3.8, 4) is 56.7 Å². The summed E-state index contributed by atoms with van der Waals surface area (Å²) in [6, 6.07) is 49.7. The van der Waals surface area contributed by atoms with Crippen molar-refractivity contribution < 1.29 is 0 Å². The molecule has 0 N–H and O–H groups in total. The van der Waals surface area contributed by atoms with Crippen LogP contribution in [-0.2, 0) is 0 Å². The lowest BCUT2D eigenvalue weighted by Gasteiger charge is -2.12. The Morgan fingerprint density at radius 1 is 0.455 bits per heavy atom. The summed E-state index contributed by atoms with van der Waals surface area (Å²) in [4.78, 5) is 14.8. The van der Waals surface area contributed by atoms with Crippen LogP contribution in [0.25, 0.3) is 73.0 Å². The van der Waals surface area contributed by atoms with Crippen LogP contribution >= 0.6 is 0 Å². The van der Waals surface area contributed by atoms with Gasteiger partial charge in [0.25, 0.3) is 0 Å². The third-order valence-electron chi connectivity index (χ3n) is 8.03. The van der Waals surface area contributed by atoms with Crippen molar-refractivity contribution in [2.24, 2.45) is 0 Å². The van der Waals surface area contributed by atoms with Crippen LogP contribution in [0.5, 0.6) is 0 Å². The fraction of sp³-hybridized carbons (Fsp3) is 0.0256. The summed E-state index contributed by atoms with van der Waals surface area (Å²) in [7, 11) is 0. The van der Waals surface area contributed by atoms with Crippen LogP contribution in [0.15, 0.2) is 146 Å². The minimum Gasteiger partial charge on any atom is -0.232 e. The van der Waals surface area contributed by atoms with E-state index >= 15 is 0 Å². The third-order valence-corrected chi connectivity index (χ3v) is 8.03. The van der Waals surface area contributed by atoms with Crippen LogP contribution in [0.1, 0.15) is 5.56 Å². The third kappa shape index (κ3) is 4.52. The van der Waals surface area contributed by atoms with Crippen LogP contribution in [-0.4, -0.2) is 24.6 Å². The van der Waals surface area contributed by atoms with E-state index in [1.807, 2.05) is 72.8 Å². The molecule has 8 rings (SSSR count). The van der Waals surface area contributed by atoms with Gasteiger partial charge in [-0.25, -0.2) is 19.5 Å². The Bertz CT molecular complexity index is 2200. The van der Waals surface area contributed by atoms with E-state index in [0.717, 1.165) is 61.1 Å². The first kappa shape index (κ1) is 25.7. The first-order chi connectivity index (χ1) is 21.7. The number of aryl methyl sites for hydroxylation is 1. The predicted molar refractivity (Wildman–Crippen MR) is 178 cm³/mol. The highest BCUT2D eigenvalue weighted by atomic mass is 15.2. The van der Waals surface area contributed by atoms with Gasteiger partial charge in [0, 0.05) is 38.8 Å². The molecular weight excluding hydrogens is 538 g/mol. The number of fused-ring (bicyclic) bond motifs is 3. The molecule has 8 aromatic rings. The number of hydrogen-bond acceptors (Lipinski definition) is 4. The van der Waals surface area contributed by atoms with E-state index < -0.39 is 0 Å². The molecule has 0 aliphatic carbocycles. The Morgan fingerprint density at radius 3 is 1.48 bits per heavy atom. The van der Waals surface area contributed by atoms with Crippen molar-refractivity contribution in [1.82, 2.24) is 24.6 Å². The first-order valence-corrected chi connectivity index (χ1v) is 14.7. The Labute approximate surface area is 255 Å². The Hall–Kier alpha value is -5.94. The van der Waals surface area contributed by atoms with Crippen LogP contribution in [0.4, 0.5) is 0 Å². The highest BCUT2D eigenvalue weighted by Gasteiger charge is 2.19. The van der Waals surface area contributed by atoms with E-state index in [9.17, 15) is 0 Å². The molecule has 0 aliphatic rings. The molecule has 0 amide bonds. The Balaban J connectivity index is 1.39. The van der Waals surface area contributed by atoms with Gasteiger partial charge in [0.05, 0.1) is 16.9 Å². The number of nitrogens with zero attached hydrogens (tertiary/aromatic N) is 5. The number of hydrogen-bond donors (Lipinski definition) is 0. The van der Waals surface area contributed by atoms with Gasteiger partial charge in [-0.1, -0.05) is 133 Å².